The third-order valence-corrected chi connectivity index (χ3v) is 1.83. The van der Waals surface area contributed by atoms with E-state index in [4.69, 9.17) is 15.3 Å². The third kappa shape index (κ3) is 7.29. The number of ether oxygens (including phenoxy) is 1. The number of carboxylic acids is 1. The maximum atomic E-state index is 10.1. The summed E-state index contributed by atoms with van der Waals surface area (Å²) in [5.41, 5.74) is 0. The van der Waals surface area contributed by atoms with Gasteiger partial charge in [0.05, 0.1) is 25.8 Å². The van der Waals surface area contributed by atoms with Crippen molar-refractivity contribution in [3.05, 3.63) is 0 Å². The minimum absolute atomic E-state index is 0. The minimum atomic E-state index is -2.30. The Morgan fingerprint density at radius 1 is 1.18 bits per heavy atom. The number of carbonyl (C=O) groups excluding carboxylic acids is 1. The number of hydrogen-bond donors (Lipinski definition) is 5. The Morgan fingerprint density at radius 3 is 2.12 bits per heavy atom. The van der Waals surface area contributed by atoms with Gasteiger partial charge in [-0.25, -0.2) is 0 Å². The fraction of sp³-hybridized carbons (Fsp3) is 0.875. The van der Waals surface area contributed by atoms with Crippen LogP contribution in [0.25, 0.3) is 0 Å². The SMILES string of the molecule is O=C([O-])C(O)C(O)C(O)C(O)COCCO.[Na+]. The molecule has 0 aliphatic rings. The summed E-state index contributed by atoms with van der Waals surface area (Å²) in [7, 11) is 0. The Hall–Kier alpha value is 0.230. The largest absolute Gasteiger partial charge is 1.00 e. The van der Waals surface area contributed by atoms with Crippen molar-refractivity contribution < 1.29 is 69.7 Å². The van der Waals surface area contributed by atoms with Crippen molar-refractivity contribution in [2.75, 3.05) is 19.8 Å². The van der Waals surface area contributed by atoms with Crippen LogP contribution in [0.15, 0.2) is 0 Å². The Morgan fingerprint density at radius 2 is 1.71 bits per heavy atom. The standard InChI is InChI=1S/C8H16O8.Na/c9-1-2-16-3-4(10)5(11)6(12)7(13)8(14)15;/h4-7,9-13H,1-3H2,(H,14,15);/q;+1/p-1. The molecule has 0 aromatic heterocycles. The van der Waals surface area contributed by atoms with Crippen molar-refractivity contribution in [1.29, 1.82) is 0 Å². The first-order chi connectivity index (χ1) is 7.41. The van der Waals surface area contributed by atoms with E-state index in [1.807, 2.05) is 0 Å². The topological polar surface area (TPSA) is 151 Å². The number of aliphatic carboxylic acids is 1. The summed E-state index contributed by atoms with van der Waals surface area (Å²) in [6.07, 6.45) is -7.87. The van der Waals surface area contributed by atoms with Crippen LogP contribution in [-0.4, -0.2) is 75.7 Å². The molecule has 96 valence electrons. The second-order valence-corrected chi connectivity index (χ2v) is 3.11. The normalized spacial score (nSPS) is 17.7. The van der Waals surface area contributed by atoms with Gasteiger partial charge in [-0.05, 0) is 0 Å². The molecule has 4 unspecified atom stereocenters. The van der Waals surface area contributed by atoms with Gasteiger partial charge in [0, 0.05) is 0 Å². The Kier molecular flexibility index (Phi) is 11.7. The molecule has 0 heterocycles. The molecule has 0 radical (unpaired) electrons. The first kappa shape index (κ1) is 19.6. The fourth-order valence-corrected chi connectivity index (χ4v) is 0.921. The maximum absolute atomic E-state index is 10.1. The van der Waals surface area contributed by atoms with Gasteiger partial charge in [-0.1, -0.05) is 0 Å². The molecule has 0 fully saturated rings. The zero-order valence-corrected chi connectivity index (χ0v) is 11.4. The van der Waals surface area contributed by atoms with E-state index in [0.717, 1.165) is 0 Å². The van der Waals surface area contributed by atoms with E-state index < -0.39 is 37.0 Å². The molecule has 0 aromatic rings. The van der Waals surface area contributed by atoms with Crippen molar-refractivity contribution in [3.8, 4) is 0 Å². The monoisotopic (exact) mass is 262 g/mol. The van der Waals surface area contributed by atoms with Crippen LogP contribution in [0.5, 0.6) is 0 Å². The number of hydrogen-bond acceptors (Lipinski definition) is 8. The molecule has 0 aromatic carbocycles. The number of rotatable bonds is 8. The van der Waals surface area contributed by atoms with E-state index in [2.05, 4.69) is 4.74 Å². The molecule has 0 rings (SSSR count). The molecule has 4 atom stereocenters. The van der Waals surface area contributed by atoms with Gasteiger partial charge in [-0.2, -0.15) is 0 Å². The van der Waals surface area contributed by atoms with Crippen molar-refractivity contribution >= 4 is 5.97 Å². The first-order valence-corrected chi connectivity index (χ1v) is 4.53. The second-order valence-electron chi connectivity index (χ2n) is 3.11. The van der Waals surface area contributed by atoms with Crippen LogP contribution in [0.4, 0.5) is 0 Å². The van der Waals surface area contributed by atoms with Gasteiger partial charge in [0.1, 0.15) is 24.4 Å². The van der Waals surface area contributed by atoms with Gasteiger partial charge in [-0.15, -0.1) is 0 Å². The van der Waals surface area contributed by atoms with E-state index in [9.17, 15) is 20.1 Å². The molecule has 9 heteroatoms. The number of carboxylic acid groups (broad SMARTS) is 1. The van der Waals surface area contributed by atoms with Gasteiger partial charge in [-0.3, -0.25) is 0 Å². The van der Waals surface area contributed by atoms with Crippen LogP contribution < -0.4 is 34.7 Å². The number of carbonyl (C=O) groups is 1. The van der Waals surface area contributed by atoms with E-state index in [0.29, 0.717) is 0 Å². The van der Waals surface area contributed by atoms with E-state index in [-0.39, 0.29) is 42.8 Å². The predicted molar refractivity (Wildman–Crippen MR) is 46.9 cm³/mol. The van der Waals surface area contributed by atoms with Crippen LogP contribution in [-0.2, 0) is 9.53 Å². The quantitative estimate of drug-likeness (QED) is 0.214. The molecular weight excluding hydrogens is 247 g/mol. The Labute approximate surface area is 120 Å². The smallest absolute Gasteiger partial charge is 0.547 e. The van der Waals surface area contributed by atoms with Crippen LogP contribution >= 0.6 is 0 Å². The minimum Gasteiger partial charge on any atom is -0.547 e. The summed E-state index contributed by atoms with van der Waals surface area (Å²) < 4.78 is 4.64. The van der Waals surface area contributed by atoms with Crippen molar-refractivity contribution in [2.45, 2.75) is 24.4 Å². The van der Waals surface area contributed by atoms with Gasteiger partial charge < -0.3 is 40.2 Å². The zero-order chi connectivity index (χ0) is 12.7. The molecular formula is C8H15NaO8. The summed E-state index contributed by atoms with van der Waals surface area (Å²) in [5, 5.41) is 54.8. The van der Waals surface area contributed by atoms with Crippen LogP contribution in [0.2, 0.25) is 0 Å². The Bertz CT molecular complexity index is 214. The zero-order valence-electron chi connectivity index (χ0n) is 9.39. The van der Waals surface area contributed by atoms with Gasteiger partial charge in [0.2, 0.25) is 0 Å². The third-order valence-electron chi connectivity index (χ3n) is 1.83. The predicted octanol–water partition coefficient (Wildman–Crippen LogP) is -7.81. The molecule has 17 heavy (non-hydrogen) atoms. The van der Waals surface area contributed by atoms with E-state index in [1.165, 1.54) is 0 Å². The summed E-state index contributed by atoms with van der Waals surface area (Å²) in [6, 6.07) is 0. The molecule has 0 bridgehead atoms. The molecule has 0 aliphatic carbocycles. The second kappa shape index (κ2) is 10.2. The van der Waals surface area contributed by atoms with Crippen molar-refractivity contribution in [1.82, 2.24) is 0 Å². The molecule has 0 amide bonds. The van der Waals surface area contributed by atoms with Gasteiger partial charge in [0.25, 0.3) is 0 Å². The molecule has 0 aliphatic heterocycles. The summed E-state index contributed by atoms with van der Waals surface area (Å²) in [4.78, 5) is 10.1. The van der Waals surface area contributed by atoms with E-state index in [1.54, 1.807) is 0 Å². The molecule has 0 spiro atoms. The molecule has 0 saturated heterocycles. The average molecular weight is 262 g/mol. The molecule has 5 N–H and O–H groups in total. The maximum Gasteiger partial charge on any atom is 1.00 e. The van der Waals surface area contributed by atoms with Gasteiger partial charge >= 0.3 is 29.6 Å². The first-order valence-electron chi connectivity index (χ1n) is 4.53. The summed E-state index contributed by atoms with van der Waals surface area (Å²) >= 11 is 0. The molecule has 0 saturated carbocycles. The fourth-order valence-electron chi connectivity index (χ4n) is 0.921. The number of aliphatic hydroxyl groups excluding tert-OH is 5. The number of aliphatic hydroxyl groups is 5. The van der Waals surface area contributed by atoms with Gasteiger partial charge in [0.15, 0.2) is 0 Å². The summed E-state index contributed by atoms with van der Waals surface area (Å²) in [5.74, 6) is -1.96. The van der Waals surface area contributed by atoms with E-state index >= 15 is 0 Å². The summed E-state index contributed by atoms with van der Waals surface area (Å²) in [6.45, 7) is -0.783. The average Bonchev–Trinajstić information content (AvgIpc) is 2.26. The van der Waals surface area contributed by atoms with Crippen LogP contribution in [0, 0.1) is 0 Å². The Balaban J connectivity index is 0. The van der Waals surface area contributed by atoms with Crippen LogP contribution in [0.3, 0.4) is 0 Å². The van der Waals surface area contributed by atoms with Crippen LogP contribution in [0.1, 0.15) is 0 Å². The van der Waals surface area contributed by atoms with Crippen molar-refractivity contribution in [2.24, 2.45) is 0 Å². The molecule has 8 nitrogen and oxygen atoms in total. The van der Waals surface area contributed by atoms with Crippen molar-refractivity contribution in [3.63, 3.8) is 0 Å².